The molecule has 2 N–H and O–H groups in total. The summed E-state index contributed by atoms with van der Waals surface area (Å²) in [6.07, 6.45) is 5.99. The predicted molar refractivity (Wildman–Crippen MR) is 110 cm³/mol. The molecule has 0 radical (unpaired) electrons. The van der Waals surface area contributed by atoms with Gasteiger partial charge in [0.2, 0.25) is 0 Å². The highest BCUT2D eigenvalue weighted by Crippen LogP contribution is 2.36. The molecule has 0 fully saturated rings. The van der Waals surface area contributed by atoms with E-state index in [1.807, 2.05) is 23.6 Å². The van der Waals surface area contributed by atoms with Crippen LogP contribution in [0.2, 0.25) is 0 Å². The molecule has 0 aliphatic carbocycles. The zero-order chi connectivity index (χ0) is 17.7. The molecule has 3 nitrogen and oxygen atoms in total. The van der Waals surface area contributed by atoms with Gasteiger partial charge in [-0.2, -0.15) is 0 Å². The van der Waals surface area contributed by atoms with Crippen LogP contribution in [0.25, 0.3) is 50.7 Å². The fourth-order valence-electron chi connectivity index (χ4n) is 3.84. The normalized spacial score (nSPS) is 11.9. The van der Waals surface area contributed by atoms with E-state index in [1.165, 1.54) is 21.8 Å². The van der Waals surface area contributed by atoms with E-state index in [4.69, 9.17) is 5.73 Å². The van der Waals surface area contributed by atoms with Crippen LogP contribution in [0, 0.1) is 0 Å². The average molecular weight is 327 g/mol. The Balaban J connectivity index is 2.28. The van der Waals surface area contributed by atoms with Gasteiger partial charge in [0.05, 0.1) is 11.2 Å². The smallest absolute Gasteiger partial charge is 0.100 e. The minimum absolute atomic E-state index is 0.496. The number of fused-ring (bicyclic) bond motifs is 4. The molecule has 0 spiro atoms. The summed E-state index contributed by atoms with van der Waals surface area (Å²) >= 11 is 0. The van der Waals surface area contributed by atoms with Crippen LogP contribution in [-0.4, -0.2) is 9.13 Å². The van der Waals surface area contributed by atoms with Gasteiger partial charge in [0.25, 0.3) is 0 Å². The van der Waals surface area contributed by atoms with Crippen molar-refractivity contribution in [3.8, 4) is 0 Å². The summed E-state index contributed by atoms with van der Waals surface area (Å²) in [6, 6.07) is 12.9. The first-order valence-electron chi connectivity index (χ1n) is 8.34. The van der Waals surface area contributed by atoms with Crippen LogP contribution in [0.1, 0.15) is 18.2 Å². The van der Waals surface area contributed by atoms with Crippen molar-refractivity contribution >= 4 is 50.7 Å². The zero-order valence-corrected chi connectivity index (χ0v) is 14.6. The molecule has 4 aromatic rings. The van der Waals surface area contributed by atoms with E-state index in [-0.39, 0.29) is 0 Å². The summed E-state index contributed by atoms with van der Waals surface area (Å²) in [5, 5.41) is 3.61. The molecule has 25 heavy (non-hydrogen) atoms. The Labute approximate surface area is 147 Å². The van der Waals surface area contributed by atoms with Gasteiger partial charge in [-0.1, -0.05) is 43.5 Å². The fourth-order valence-corrected chi connectivity index (χ4v) is 3.84. The second kappa shape index (κ2) is 5.42. The molecule has 124 valence electrons. The largest absolute Gasteiger partial charge is 0.385 e. The van der Waals surface area contributed by atoms with Crippen LogP contribution >= 0.6 is 0 Å². The van der Waals surface area contributed by atoms with Crippen molar-refractivity contribution in [2.45, 2.75) is 6.92 Å². The van der Waals surface area contributed by atoms with Crippen molar-refractivity contribution in [1.29, 1.82) is 0 Å². The van der Waals surface area contributed by atoms with E-state index < -0.39 is 0 Å². The second-order valence-electron chi connectivity index (χ2n) is 6.29. The lowest BCUT2D eigenvalue weighted by Gasteiger charge is -2.07. The molecule has 4 rings (SSSR count). The highest BCUT2D eigenvalue weighted by Gasteiger charge is 2.17. The number of benzene rings is 2. The van der Waals surface area contributed by atoms with E-state index in [0.29, 0.717) is 5.82 Å². The number of aryl methyl sites for hydroxylation is 1. The number of nitrogens with zero attached hydrogens (tertiary/aromatic N) is 2. The summed E-state index contributed by atoms with van der Waals surface area (Å²) < 4.78 is 4.23. The Morgan fingerprint density at radius 2 is 1.76 bits per heavy atom. The summed E-state index contributed by atoms with van der Waals surface area (Å²) in [7, 11) is 2.11. The highest BCUT2D eigenvalue weighted by molar-refractivity contribution is 6.14. The SMILES string of the molecule is C=Cc1c(/C=C\C)c2cc3c(cc2n1C(=C)N)c1ccccc1n3C. The molecule has 0 saturated heterocycles. The quantitative estimate of drug-likeness (QED) is 0.541. The zero-order valence-electron chi connectivity index (χ0n) is 14.6. The lowest BCUT2D eigenvalue weighted by Crippen LogP contribution is -2.06. The van der Waals surface area contributed by atoms with Crippen LogP contribution in [0.5, 0.6) is 0 Å². The maximum Gasteiger partial charge on any atom is 0.100 e. The molecular weight excluding hydrogens is 306 g/mol. The molecule has 0 aliphatic heterocycles. The van der Waals surface area contributed by atoms with Crippen LogP contribution in [0.15, 0.2) is 55.6 Å². The summed E-state index contributed by atoms with van der Waals surface area (Å²) in [4.78, 5) is 0. The van der Waals surface area contributed by atoms with E-state index in [0.717, 1.165) is 22.2 Å². The summed E-state index contributed by atoms with van der Waals surface area (Å²) in [6.45, 7) is 9.97. The van der Waals surface area contributed by atoms with Gasteiger partial charge in [0.1, 0.15) is 5.82 Å². The number of rotatable bonds is 3. The Bertz CT molecular complexity index is 1200. The summed E-state index contributed by atoms with van der Waals surface area (Å²) in [5.41, 5.74) is 11.7. The molecule has 2 aromatic carbocycles. The first kappa shape index (κ1) is 15.3. The fraction of sp³-hybridized carbons (Fsp3) is 0.0909. The molecule has 2 aromatic heterocycles. The van der Waals surface area contributed by atoms with E-state index in [1.54, 1.807) is 0 Å². The number of allylic oxidation sites excluding steroid dienone is 1. The van der Waals surface area contributed by atoms with Gasteiger partial charge in [0, 0.05) is 39.8 Å². The minimum Gasteiger partial charge on any atom is -0.385 e. The number of aromatic nitrogens is 2. The van der Waals surface area contributed by atoms with Crippen LogP contribution in [0.4, 0.5) is 0 Å². The Morgan fingerprint density at radius 1 is 1.04 bits per heavy atom. The third kappa shape index (κ3) is 1.99. The third-order valence-corrected chi connectivity index (χ3v) is 4.89. The number of para-hydroxylation sites is 1. The van der Waals surface area contributed by atoms with Gasteiger partial charge in [0.15, 0.2) is 0 Å². The molecule has 0 bridgehead atoms. The monoisotopic (exact) mass is 327 g/mol. The van der Waals surface area contributed by atoms with E-state index in [2.05, 4.69) is 67.2 Å². The first-order chi connectivity index (χ1) is 12.1. The standard InChI is InChI=1S/C22H21N3/c1-5-9-15-18-12-21-17(16-10-7-8-11-20(16)24(21)4)13-22(18)25(14(3)23)19(15)6-2/h5-13H,2-3,23H2,1,4H3/b9-5-. The topological polar surface area (TPSA) is 35.9 Å². The lowest BCUT2D eigenvalue weighted by atomic mass is 10.1. The van der Waals surface area contributed by atoms with Crippen molar-refractivity contribution in [2.24, 2.45) is 12.8 Å². The maximum atomic E-state index is 6.12. The maximum absolute atomic E-state index is 6.12. The van der Waals surface area contributed by atoms with Gasteiger partial charge < -0.3 is 10.3 Å². The van der Waals surface area contributed by atoms with Gasteiger partial charge >= 0.3 is 0 Å². The molecular formula is C22H21N3. The minimum atomic E-state index is 0.496. The Morgan fingerprint density at radius 3 is 2.44 bits per heavy atom. The molecule has 0 unspecified atom stereocenters. The van der Waals surface area contributed by atoms with Crippen LogP contribution < -0.4 is 5.73 Å². The molecule has 2 heterocycles. The molecule has 0 saturated carbocycles. The Kier molecular flexibility index (Phi) is 3.32. The lowest BCUT2D eigenvalue weighted by molar-refractivity contribution is 1.01. The van der Waals surface area contributed by atoms with Gasteiger partial charge in [-0.25, -0.2) is 0 Å². The average Bonchev–Trinajstić information content (AvgIpc) is 3.07. The predicted octanol–water partition coefficient (Wildman–Crippen LogP) is 5.35. The van der Waals surface area contributed by atoms with Crippen molar-refractivity contribution < 1.29 is 0 Å². The van der Waals surface area contributed by atoms with Gasteiger partial charge in [-0.05, 0) is 31.2 Å². The molecule has 0 aliphatic rings. The van der Waals surface area contributed by atoms with Crippen molar-refractivity contribution in [3.63, 3.8) is 0 Å². The Hall–Kier alpha value is -3.20. The summed E-state index contributed by atoms with van der Waals surface area (Å²) in [5.74, 6) is 0.496. The van der Waals surface area contributed by atoms with Crippen LogP contribution in [-0.2, 0) is 7.05 Å². The van der Waals surface area contributed by atoms with Crippen molar-refractivity contribution in [3.05, 3.63) is 66.9 Å². The van der Waals surface area contributed by atoms with E-state index >= 15 is 0 Å². The number of hydrogen-bond donors (Lipinski definition) is 1. The second-order valence-corrected chi connectivity index (χ2v) is 6.29. The van der Waals surface area contributed by atoms with Crippen molar-refractivity contribution in [2.75, 3.05) is 0 Å². The number of nitrogens with two attached hydrogens (primary N) is 1. The van der Waals surface area contributed by atoms with Crippen LogP contribution in [0.3, 0.4) is 0 Å². The number of hydrogen-bond acceptors (Lipinski definition) is 1. The van der Waals surface area contributed by atoms with Crippen molar-refractivity contribution in [1.82, 2.24) is 9.13 Å². The van der Waals surface area contributed by atoms with E-state index in [9.17, 15) is 0 Å². The van der Waals surface area contributed by atoms with Gasteiger partial charge in [-0.3, -0.25) is 4.57 Å². The third-order valence-electron chi connectivity index (χ3n) is 4.89. The molecule has 3 heteroatoms. The first-order valence-corrected chi connectivity index (χ1v) is 8.34. The molecule has 0 amide bonds. The highest BCUT2D eigenvalue weighted by atomic mass is 15.1. The van der Waals surface area contributed by atoms with Gasteiger partial charge in [-0.15, -0.1) is 0 Å². The molecule has 0 atom stereocenters.